The van der Waals surface area contributed by atoms with Crippen LogP contribution in [0.15, 0.2) is 12.2 Å². The van der Waals surface area contributed by atoms with Crippen LogP contribution in [0.4, 0.5) is 0 Å². The summed E-state index contributed by atoms with van der Waals surface area (Å²) in [6.07, 6.45) is 0.936. The highest BCUT2D eigenvalue weighted by atomic mass is 16.6. The maximum atomic E-state index is 12.6. The third-order valence-corrected chi connectivity index (χ3v) is 5.88. The predicted octanol–water partition coefficient (Wildman–Crippen LogP) is 2.04. The van der Waals surface area contributed by atoms with E-state index < -0.39 is 29.5 Å². The molecule has 0 aromatic heterocycles. The lowest BCUT2D eigenvalue weighted by Crippen LogP contribution is -2.46. The van der Waals surface area contributed by atoms with Crippen molar-refractivity contribution in [3.63, 3.8) is 0 Å². The summed E-state index contributed by atoms with van der Waals surface area (Å²) in [6.45, 7) is 9.19. The van der Waals surface area contributed by atoms with Crippen LogP contribution < -0.4 is 0 Å². The van der Waals surface area contributed by atoms with E-state index in [0.717, 1.165) is 6.42 Å². The number of hydrogen-bond acceptors (Lipinski definition) is 5. The summed E-state index contributed by atoms with van der Waals surface area (Å²) in [5.74, 6) is -0.765. The van der Waals surface area contributed by atoms with Gasteiger partial charge >= 0.3 is 11.9 Å². The molecule has 0 N–H and O–H groups in total. The monoisotopic (exact) mass is 306 g/mol. The molecule has 3 rings (SSSR count). The normalized spacial score (nSPS) is 44.1. The average molecular weight is 306 g/mol. The fourth-order valence-electron chi connectivity index (χ4n) is 4.82. The topological polar surface area (TPSA) is 69.7 Å². The summed E-state index contributed by atoms with van der Waals surface area (Å²) in [6, 6.07) is 0. The third-order valence-electron chi connectivity index (χ3n) is 5.88. The highest BCUT2D eigenvalue weighted by Crippen LogP contribution is 2.56. The molecule has 5 nitrogen and oxygen atoms in total. The van der Waals surface area contributed by atoms with Crippen LogP contribution in [0, 0.1) is 23.2 Å². The van der Waals surface area contributed by atoms with Crippen molar-refractivity contribution in [2.24, 2.45) is 23.2 Å². The van der Waals surface area contributed by atoms with E-state index in [1.54, 1.807) is 0 Å². The van der Waals surface area contributed by atoms with Crippen LogP contribution in [0.2, 0.25) is 0 Å². The number of ketones is 1. The highest BCUT2D eigenvalue weighted by Gasteiger charge is 2.63. The van der Waals surface area contributed by atoms with Crippen LogP contribution in [-0.4, -0.2) is 29.9 Å². The van der Waals surface area contributed by atoms with E-state index in [4.69, 9.17) is 9.47 Å². The maximum Gasteiger partial charge on any atom is 0.334 e. The zero-order chi connectivity index (χ0) is 16.2. The summed E-state index contributed by atoms with van der Waals surface area (Å²) < 4.78 is 11.0. The molecule has 1 heterocycles. The van der Waals surface area contributed by atoms with Crippen molar-refractivity contribution in [2.75, 3.05) is 0 Å². The van der Waals surface area contributed by atoms with Crippen molar-refractivity contribution >= 4 is 17.7 Å². The smallest absolute Gasteiger partial charge is 0.334 e. The molecule has 6 atom stereocenters. The van der Waals surface area contributed by atoms with Crippen molar-refractivity contribution in [1.82, 2.24) is 0 Å². The van der Waals surface area contributed by atoms with Gasteiger partial charge in [0.25, 0.3) is 0 Å². The van der Waals surface area contributed by atoms with E-state index in [1.807, 2.05) is 6.92 Å². The first kappa shape index (κ1) is 15.3. The minimum atomic E-state index is -0.700. The molecule has 22 heavy (non-hydrogen) atoms. The van der Waals surface area contributed by atoms with Crippen LogP contribution in [0.25, 0.3) is 0 Å². The van der Waals surface area contributed by atoms with Crippen molar-refractivity contribution in [3.8, 4) is 0 Å². The molecule has 5 heteroatoms. The van der Waals surface area contributed by atoms with Crippen molar-refractivity contribution in [1.29, 1.82) is 0 Å². The van der Waals surface area contributed by atoms with Crippen LogP contribution in [0.3, 0.4) is 0 Å². The standard InChI is InChI=1S/C17H22O5/c1-8-7-12(21-10(3)18)14-9(2)16(20)22-15(14)17(4)11(8)5-6-13(17)19/h8,11-12,14-15H,2,5-7H2,1,3-4H3/t8-,11-,12-,14?,15?,17-/m0/s1. The minimum absolute atomic E-state index is 0.144. The molecule has 2 saturated carbocycles. The lowest BCUT2D eigenvalue weighted by atomic mass is 9.68. The molecular formula is C17H22O5. The van der Waals surface area contributed by atoms with Gasteiger partial charge in [-0.1, -0.05) is 13.5 Å². The minimum Gasteiger partial charge on any atom is -0.462 e. The van der Waals surface area contributed by atoms with Crippen molar-refractivity contribution in [2.45, 2.75) is 52.2 Å². The van der Waals surface area contributed by atoms with Crippen molar-refractivity contribution in [3.05, 3.63) is 12.2 Å². The Balaban J connectivity index is 2.08. The van der Waals surface area contributed by atoms with Gasteiger partial charge in [0.05, 0.1) is 11.3 Å². The molecule has 120 valence electrons. The van der Waals surface area contributed by atoms with Gasteiger partial charge < -0.3 is 9.47 Å². The summed E-state index contributed by atoms with van der Waals surface area (Å²) in [5.41, 5.74) is -0.376. The molecule has 2 unspecified atom stereocenters. The fraction of sp³-hybridized carbons (Fsp3) is 0.706. The number of carbonyl (C=O) groups excluding carboxylic acids is 3. The molecule has 0 bridgehead atoms. The number of rotatable bonds is 1. The SMILES string of the molecule is C=C1C(=O)OC2C1[C@@H](OC(C)=O)C[C@H](C)[C@@H]1CCC(=O)[C@@]21C. The quantitative estimate of drug-likeness (QED) is 0.548. The Labute approximate surface area is 130 Å². The van der Waals surface area contributed by atoms with Gasteiger partial charge in [0.1, 0.15) is 18.0 Å². The molecule has 0 spiro atoms. The van der Waals surface area contributed by atoms with Gasteiger partial charge in [-0.05, 0) is 31.6 Å². The number of fused-ring (bicyclic) bond motifs is 3. The second-order valence-corrected chi connectivity index (χ2v) is 7.09. The molecule has 2 aliphatic carbocycles. The second-order valence-electron chi connectivity index (χ2n) is 7.09. The maximum absolute atomic E-state index is 12.6. The average Bonchev–Trinajstić information content (AvgIpc) is 2.86. The van der Waals surface area contributed by atoms with E-state index in [9.17, 15) is 14.4 Å². The number of ether oxygens (including phenoxy) is 2. The van der Waals surface area contributed by atoms with Gasteiger partial charge in [-0.2, -0.15) is 0 Å². The Morgan fingerprint density at radius 3 is 2.73 bits per heavy atom. The molecule has 0 aromatic carbocycles. The molecule has 0 radical (unpaired) electrons. The van der Waals surface area contributed by atoms with Crippen LogP contribution in [0.1, 0.15) is 40.0 Å². The largest absolute Gasteiger partial charge is 0.462 e. The molecular weight excluding hydrogens is 284 g/mol. The van der Waals surface area contributed by atoms with Gasteiger partial charge in [-0.25, -0.2) is 4.79 Å². The molecule has 3 aliphatic rings. The number of carbonyl (C=O) groups is 3. The Morgan fingerprint density at radius 1 is 1.41 bits per heavy atom. The number of Topliss-reactive ketones (excluding diaryl/α,β-unsaturated/α-hetero) is 1. The first-order valence-electron chi connectivity index (χ1n) is 7.87. The van der Waals surface area contributed by atoms with Gasteiger partial charge in [-0.3, -0.25) is 9.59 Å². The molecule has 0 amide bonds. The highest BCUT2D eigenvalue weighted by molar-refractivity contribution is 5.94. The summed E-state index contributed by atoms with van der Waals surface area (Å²) in [5, 5.41) is 0. The number of hydrogen-bond donors (Lipinski definition) is 0. The van der Waals surface area contributed by atoms with E-state index in [1.165, 1.54) is 6.92 Å². The molecule has 3 fully saturated rings. The summed E-state index contributed by atoms with van der Waals surface area (Å²) in [7, 11) is 0. The summed E-state index contributed by atoms with van der Waals surface area (Å²) >= 11 is 0. The van der Waals surface area contributed by atoms with Gasteiger partial charge in [0.15, 0.2) is 0 Å². The van der Waals surface area contributed by atoms with Gasteiger partial charge in [0.2, 0.25) is 0 Å². The molecule has 1 saturated heterocycles. The first-order valence-corrected chi connectivity index (χ1v) is 7.87. The van der Waals surface area contributed by atoms with E-state index in [0.29, 0.717) is 18.4 Å². The van der Waals surface area contributed by atoms with Gasteiger partial charge in [0, 0.05) is 18.9 Å². The van der Waals surface area contributed by atoms with Crippen LogP contribution in [-0.2, 0) is 23.9 Å². The third kappa shape index (κ3) is 1.94. The number of esters is 2. The second kappa shape index (κ2) is 4.93. The lowest BCUT2D eigenvalue weighted by molar-refractivity contribution is -0.154. The van der Waals surface area contributed by atoms with E-state index in [2.05, 4.69) is 13.5 Å². The Kier molecular flexibility index (Phi) is 3.42. The molecule has 1 aliphatic heterocycles. The fourth-order valence-corrected chi connectivity index (χ4v) is 4.82. The molecule has 0 aromatic rings. The predicted molar refractivity (Wildman–Crippen MR) is 77.7 cm³/mol. The Hall–Kier alpha value is -1.65. The Morgan fingerprint density at radius 2 is 2.09 bits per heavy atom. The van der Waals surface area contributed by atoms with E-state index >= 15 is 0 Å². The van der Waals surface area contributed by atoms with Crippen molar-refractivity contribution < 1.29 is 23.9 Å². The Bertz CT molecular complexity index is 565. The zero-order valence-electron chi connectivity index (χ0n) is 13.3. The summed E-state index contributed by atoms with van der Waals surface area (Å²) in [4.78, 5) is 36.1. The van der Waals surface area contributed by atoms with Gasteiger partial charge in [-0.15, -0.1) is 0 Å². The lowest BCUT2D eigenvalue weighted by Gasteiger charge is -2.36. The van der Waals surface area contributed by atoms with Crippen LogP contribution >= 0.6 is 0 Å². The first-order chi connectivity index (χ1) is 10.3. The van der Waals surface area contributed by atoms with E-state index in [-0.39, 0.29) is 23.6 Å². The van der Waals surface area contributed by atoms with Crippen LogP contribution in [0.5, 0.6) is 0 Å². The zero-order valence-corrected chi connectivity index (χ0v) is 13.3.